The van der Waals surface area contributed by atoms with Gasteiger partial charge in [-0.15, -0.1) is 0 Å². The molecule has 0 aromatic heterocycles. The van der Waals surface area contributed by atoms with Crippen LogP contribution in [0.1, 0.15) is 41.5 Å². The molecule has 64 valence electrons. The van der Waals surface area contributed by atoms with Crippen molar-refractivity contribution in [2.24, 2.45) is 0 Å². The van der Waals surface area contributed by atoms with Crippen molar-refractivity contribution in [2.75, 3.05) is 0 Å². The van der Waals surface area contributed by atoms with Gasteiger partial charge < -0.3 is 0 Å². The summed E-state index contributed by atoms with van der Waals surface area (Å²) in [4.78, 5) is 0. The molecule has 0 fully saturated rings. The van der Waals surface area contributed by atoms with Crippen molar-refractivity contribution < 1.29 is 0 Å². The minimum atomic E-state index is 0.312. The second-order valence-corrected chi connectivity index (χ2v) is 8.89. The predicted molar refractivity (Wildman–Crippen MR) is 57.4 cm³/mol. The second kappa shape index (κ2) is 4.76. The van der Waals surface area contributed by atoms with Crippen LogP contribution in [0.5, 0.6) is 0 Å². The van der Waals surface area contributed by atoms with E-state index < -0.39 is 0 Å². The van der Waals surface area contributed by atoms with Crippen molar-refractivity contribution in [1.29, 1.82) is 0 Å². The van der Waals surface area contributed by atoms with Crippen LogP contribution in [-0.4, -0.2) is 8.65 Å². The van der Waals surface area contributed by atoms with E-state index in [1.807, 2.05) is 0 Å². The highest BCUT2D eigenvalue weighted by Gasteiger charge is 1.99. The average molecular weight is 274 g/mol. The van der Waals surface area contributed by atoms with Crippen LogP contribution in [0.25, 0.3) is 0 Å². The van der Waals surface area contributed by atoms with Crippen LogP contribution >= 0.6 is 31.9 Å². The summed E-state index contributed by atoms with van der Waals surface area (Å²) in [5, 5.41) is 0. The van der Waals surface area contributed by atoms with E-state index >= 15 is 0 Å². The van der Waals surface area contributed by atoms with E-state index in [1.165, 1.54) is 0 Å². The van der Waals surface area contributed by atoms with Crippen molar-refractivity contribution in [3.05, 3.63) is 0 Å². The molecule has 0 aromatic rings. The van der Waals surface area contributed by atoms with Gasteiger partial charge in [-0.25, -0.2) is 0 Å². The van der Waals surface area contributed by atoms with Gasteiger partial charge >= 0.3 is 0 Å². The van der Waals surface area contributed by atoms with E-state index in [0.717, 1.165) is 0 Å². The largest absolute Gasteiger partial charge is 0.0862 e. The zero-order valence-corrected chi connectivity index (χ0v) is 10.9. The lowest BCUT2D eigenvalue weighted by Crippen LogP contribution is -1.97. The maximum atomic E-state index is 3.38. The fraction of sp³-hybridized carbons (Fsp3) is 1.00. The first kappa shape index (κ1) is 13.5. The molecule has 0 aliphatic rings. The van der Waals surface area contributed by atoms with Gasteiger partial charge in [0.1, 0.15) is 0 Å². The quantitative estimate of drug-likeness (QED) is 0.576. The molecular weight excluding hydrogens is 256 g/mol. The summed E-state index contributed by atoms with van der Waals surface area (Å²) >= 11 is 6.75. The standard InChI is InChI=1S/2C4H9Br/c2*1-4(2,3)5/h2*1-3H3. The van der Waals surface area contributed by atoms with Gasteiger partial charge in [0.05, 0.1) is 0 Å². The Morgan fingerprint density at radius 3 is 0.600 bits per heavy atom. The molecule has 0 N–H and O–H groups in total. The smallest absolute Gasteiger partial charge is 0.0173 e. The van der Waals surface area contributed by atoms with Crippen LogP contribution in [0.3, 0.4) is 0 Å². The van der Waals surface area contributed by atoms with Gasteiger partial charge in [-0.3, -0.25) is 0 Å². The molecule has 0 spiro atoms. The van der Waals surface area contributed by atoms with Crippen molar-refractivity contribution >= 4 is 31.9 Å². The summed E-state index contributed by atoms with van der Waals surface area (Å²) in [6.45, 7) is 12.6. The maximum absolute atomic E-state index is 3.38. The van der Waals surface area contributed by atoms with E-state index in [-0.39, 0.29) is 0 Å². The lowest BCUT2D eigenvalue weighted by Gasteiger charge is -2.02. The molecule has 0 unspecified atom stereocenters. The molecule has 10 heavy (non-hydrogen) atoms. The van der Waals surface area contributed by atoms with Crippen LogP contribution in [-0.2, 0) is 0 Å². The van der Waals surface area contributed by atoms with E-state index in [2.05, 4.69) is 73.4 Å². The molecule has 0 aliphatic heterocycles. The van der Waals surface area contributed by atoms with Gasteiger partial charge in [-0.2, -0.15) is 0 Å². The zero-order chi connectivity index (χ0) is 9.00. The molecule has 0 heterocycles. The molecule has 0 atom stereocenters. The molecule has 2 heteroatoms. The number of rotatable bonds is 0. The van der Waals surface area contributed by atoms with E-state index in [0.29, 0.717) is 8.65 Å². The molecule has 0 radical (unpaired) electrons. The normalized spacial score (nSPS) is 12.0. The Morgan fingerprint density at radius 2 is 0.600 bits per heavy atom. The molecule has 0 bridgehead atoms. The molecule has 0 nitrogen and oxygen atoms in total. The molecule has 0 rings (SSSR count). The van der Waals surface area contributed by atoms with Crippen LogP contribution in [0.4, 0.5) is 0 Å². The summed E-state index contributed by atoms with van der Waals surface area (Å²) in [6, 6.07) is 0. The van der Waals surface area contributed by atoms with Gasteiger partial charge in [0.15, 0.2) is 0 Å². The third-order valence-corrected chi connectivity index (χ3v) is 0. The van der Waals surface area contributed by atoms with Crippen molar-refractivity contribution in [1.82, 2.24) is 0 Å². The summed E-state index contributed by atoms with van der Waals surface area (Å²) in [7, 11) is 0. The molecular formula is C8H18Br2. The van der Waals surface area contributed by atoms with Crippen molar-refractivity contribution in [3.63, 3.8) is 0 Å². The van der Waals surface area contributed by atoms with Crippen LogP contribution < -0.4 is 0 Å². The van der Waals surface area contributed by atoms with E-state index in [9.17, 15) is 0 Å². The minimum Gasteiger partial charge on any atom is -0.0862 e. The monoisotopic (exact) mass is 272 g/mol. The lowest BCUT2D eigenvalue weighted by atomic mass is 10.3. The third-order valence-electron chi connectivity index (χ3n) is 0. The van der Waals surface area contributed by atoms with Gasteiger partial charge in [-0.1, -0.05) is 73.4 Å². The first-order chi connectivity index (χ1) is 4.00. The predicted octanol–water partition coefficient (Wildman–Crippen LogP) is 4.36. The first-order valence-electron chi connectivity index (χ1n) is 3.38. The molecule has 0 saturated carbocycles. The highest BCUT2D eigenvalue weighted by molar-refractivity contribution is 9.10. The summed E-state index contributed by atoms with van der Waals surface area (Å²) < 4.78 is 0.625. The SMILES string of the molecule is CC(C)(C)Br.CC(C)(C)Br. The Balaban J connectivity index is 0. The highest BCUT2D eigenvalue weighted by atomic mass is 79.9. The van der Waals surface area contributed by atoms with Crippen LogP contribution in [0.15, 0.2) is 0 Å². The summed E-state index contributed by atoms with van der Waals surface area (Å²) in [6.07, 6.45) is 0. The summed E-state index contributed by atoms with van der Waals surface area (Å²) in [5.41, 5.74) is 0. The van der Waals surface area contributed by atoms with Crippen LogP contribution in [0, 0.1) is 0 Å². The molecule has 0 aliphatic carbocycles. The van der Waals surface area contributed by atoms with E-state index in [1.54, 1.807) is 0 Å². The maximum Gasteiger partial charge on any atom is 0.0173 e. The van der Waals surface area contributed by atoms with Gasteiger partial charge in [-0.05, 0) is 0 Å². The van der Waals surface area contributed by atoms with Crippen molar-refractivity contribution in [2.45, 2.75) is 50.2 Å². The minimum absolute atomic E-state index is 0.312. The number of alkyl halides is 2. The molecule has 0 amide bonds. The molecule has 0 saturated heterocycles. The Kier molecular flexibility index (Phi) is 6.45. The van der Waals surface area contributed by atoms with Crippen molar-refractivity contribution in [3.8, 4) is 0 Å². The Labute approximate surface area is 82.0 Å². The number of hydrogen-bond acceptors (Lipinski definition) is 0. The van der Waals surface area contributed by atoms with Gasteiger partial charge in [0, 0.05) is 8.65 Å². The first-order valence-corrected chi connectivity index (χ1v) is 4.96. The van der Waals surface area contributed by atoms with Crippen LogP contribution in [0.2, 0.25) is 0 Å². The Morgan fingerprint density at radius 1 is 0.600 bits per heavy atom. The second-order valence-electron chi connectivity index (χ2n) is 4.13. The topological polar surface area (TPSA) is 0 Å². The fourth-order valence-electron chi connectivity index (χ4n) is 0. The number of halogens is 2. The molecule has 0 aromatic carbocycles. The number of hydrogen-bond donors (Lipinski definition) is 0. The Bertz CT molecular complexity index is 50.2. The summed E-state index contributed by atoms with van der Waals surface area (Å²) in [5.74, 6) is 0. The van der Waals surface area contributed by atoms with Gasteiger partial charge in [0.2, 0.25) is 0 Å². The lowest BCUT2D eigenvalue weighted by molar-refractivity contribution is 0.823. The third kappa shape index (κ3) is 616. The average Bonchev–Trinajstić information content (AvgIpc) is 1.12. The highest BCUT2D eigenvalue weighted by Crippen LogP contribution is 2.12. The zero-order valence-electron chi connectivity index (χ0n) is 7.76. The van der Waals surface area contributed by atoms with Gasteiger partial charge in [0.25, 0.3) is 0 Å². The fourth-order valence-corrected chi connectivity index (χ4v) is 0. The Hall–Kier alpha value is 0.960. The van der Waals surface area contributed by atoms with E-state index in [4.69, 9.17) is 0 Å².